The van der Waals surface area contributed by atoms with E-state index in [-0.39, 0.29) is 5.91 Å². The van der Waals surface area contributed by atoms with E-state index in [4.69, 9.17) is 18.9 Å². The van der Waals surface area contributed by atoms with Crippen LogP contribution in [0, 0.1) is 0 Å². The third-order valence-electron chi connectivity index (χ3n) is 3.71. The third-order valence-corrected chi connectivity index (χ3v) is 4.63. The molecule has 0 saturated heterocycles. The van der Waals surface area contributed by atoms with Gasteiger partial charge in [0.2, 0.25) is 5.91 Å². The molecule has 0 unspecified atom stereocenters. The monoisotopic (exact) mass is 405 g/mol. The highest BCUT2D eigenvalue weighted by Gasteiger charge is 2.09. The van der Waals surface area contributed by atoms with Crippen LogP contribution < -0.4 is 24.3 Å². The summed E-state index contributed by atoms with van der Waals surface area (Å²) in [6, 6.07) is 12.8. The molecule has 2 aromatic carbocycles. The summed E-state index contributed by atoms with van der Waals surface area (Å²) in [4.78, 5) is 12.2. The van der Waals surface area contributed by atoms with Crippen LogP contribution in [0.5, 0.6) is 23.0 Å². The Morgan fingerprint density at radius 3 is 2.18 bits per heavy atom. The van der Waals surface area contributed by atoms with Crippen molar-refractivity contribution in [2.24, 2.45) is 0 Å². The molecule has 0 heterocycles. The maximum Gasteiger partial charge on any atom is 0.234 e. The van der Waals surface area contributed by atoms with Crippen LogP contribution in [0.3, 0.4) is 0 Å². The summed E-state index contributed by atoms with van der Waals surface area (Å²) in [6.45, 7) is 3.30. The van der Waals surface area contributed by atoms with Gasteiger partial charge in [-0.1, -0.05) is 6.92 Å². The molecule has 6 nitrogen and oxygen atoms in total. The largest absolute Gasteiger partial charge is 0.497 e. The molecule has 1 amide bonds. The first kappa shape index (κ1) is 21.8. The average Bonchev–Trinajstić information content (AvgIpc) is 2.72. The Balaban J connectivity index is 1.69. The predicted octanol–water partition coefficient (Wildman–Crippen LogP) is 4.24. The molecule has 0 saturated carbocycles. The van der Waals surface area contributed by atoms with E-state index in [0.29, 0.717) is 41.9 Å². The zero-order chi connectivity index (χ0) is 20.2. The molecule has 0 bridgehead atoms. The highest BCUT2D eigenvalue weighted by atomic mass is 32.2. The fraction of sp³-hybridized carbons (Fsp3) is 0.381. The van der Waals surface area contributed by atoms with E-state index in [1.54, 1.807) is 32.4 Å². The summed E-state index contributed by atoms with van der Waals surface area (Å²) in [5, 5.41) is 2.85. The number of carbonyl (C=O) groups is 1. The topological polar surface area (TPSA) is 66.0 Å². The van der Waals surface area contributed by atoms with Gasteiger partial charge in [0.05, 0.1) is 38.9 Å². The minimum Gasteiger partial charge on any atom is -0.497 e. The molecule has 0 fully saturated rings. The second kappa shape index (κ2) is 12.0. The Bertz CT molecular complexity index is 736. The van der Waals surface area contributed by atoms with Crippen LogP contribution in [-0.4, -0.2) is 44.8 Å². The number of methoxy groups -OCH3 is 2. The molecule has 0 aliphatic carbocycles. The van der Waals surface area contributed by atoms with Crippen LogP contribution in [-0.2, 0) is 4.79 Å². The average molecular weight is 406 g/mol. The molecule has 28 heavy (non-hydrogen) atoms. The highest BCUT2D eigenvalue weighted by Crippen LogP contribution is 2.29. The van der Waals surface area contributed by atoms with Gasteiger partial charge in [0.15, 0.2) is 0 Å². The lowest BCUT2D eigenvalue weighted by atomic mass is 10.2. The molecule has 2 rings (SSSR count). The number of carbonyl (C=O) groups excluding carboxylic acids is 1. The minimum absolute atomic E-state index is 0.103. The highest BCUT2D eigenvalue weighted by molar-refractivity contribution is 7.99. The van der Waals surface area contributed by atoms with Crippen LogP contribution >= 0.6 is 11.8 Å². The Labute approximate surface area is 170 Å². The molecule has 0 radical (unpaired) electrons. The zero-order valence-corrected chi connectivity index (χ0v) is 17.3. The molecule has 1 N–H and O–H groups in total. The molecule has 0 atom stereocenters. The quantitative estimate of drug-likeness (QED) is 0.533. The smallest absolute Gasteiger partial charge is 0.234 e. The van der Waals surface area contributed by atoms with Gasteiger partial charge in [-0.15, -0.1) is 11.8 Å². The Morgan fingerprint density at radius 1 is 0.929 bits per heavy atom. The van der Waals surface area contributed by atoms with Crippen molar-refractivity contribution in [2.45, 2.75) is 13.3 Å². The van der Waals surface area contributed by atoms with Crippen LogP contribution in [0.15, 0.2) is 42.5 Å². The molecule has 0 spiro atoms. The first-order valence-electron chi connectivity index (χ1n) is 9.11. The number of ether oxygens (including phenoxy) is 4. The van der Waals surface area contributed by atoms with E-state index in [1.165, 1.54) is 11.8 Å². The lowest BCUT2D eigenvalue weighted by molar-refractivity contribution is -0.113. The second-order valence-corrected chi connectivity index (χ2v) is 6.94. The molecule has 0 aliphatic heterocycles. The van der Waals surface area contributed by atoms with E-state index >= 15 is 0 Å². The first-order valence-corrected chi connectivity index (χ1v) is 10.3. The van der Waals surface area contributed by atoms with Crippen molar-refractivity contribution in [2.75, 3.05) is 44.3 Å². The van der Waals surface area contributed by atoms with Gasteiger partial charge in [0, 0.05) is 11.8 Å². The normalized spacial score (nSPS) is 10.2. The second-order valence-electron chi connectivity index (χ2n) is 5.84. The number of nitrogens with one attached hydrogen (secondary N) is 1. The summed E-state index contributed by atoms with van der Waals surface area (Å²) in [6.07, 6.45) is 0.980. The number of thioether (sulfide) groups is 1. The number of rotatable bonds is 12. The van der Waals surface area contributed by atoms with Gasteiger partial charge in [-0.05, 0) is 42.8 Å². The van der Waals surface area contributed by atoms with Gasteiger partial charge >= 0.3 is 0 Å². The number of anilines is 1. The maximum absolute atomic E-state index is 12.2. The van der Waals surface area contributed by atoms with Gasteiger partial charge in [-0.3, -0.25) is 4.79 Å². The van der Waals surface area contributed by atoms with Crippen molar-refractivity contribution in [1.82, 2.24) is 0 Å². The fourth-order valence-corrected chi connectivity index (χ4v) is 2.94. The minimum atomic E-state index is -0.103. The lowest BCUT2D eigenvalue weighted by Crippen LogP contribution is -2.15. The number of amides is 1. The van der Waals surface area contributed by atoms with Crippen LogP contribution in [0.4, 0.5) is 5.69 Å². The van der Waals surface area contributed by atoms with Crippen molar-refractivity contribution < 1.29 is 23.7 Å². The summed E-state index contributed by atoms with van der Waals surface area (Å²) in [5.74, 6) is 3.80. The van der Waals surface area contributed by atoms with Crippen molar-refractivity contribution >= 4 is 23.4 Å². The molecule has 2 aromatic rings. The van der Waals surface area contributed by atoms with Gasteiger partial charge in [-0.2, -0.15) is 0 Å². The van der Waals surface area contributed by atoms with E-state index in [9.17, 15) is 4.79 Å². The van der Waals surface area contributed by atoms with E-state index in [2.05, 4.69) is 12.2 Å². The van der Waals surface area contributed by atoms with Crippen molar-refractivity contribution in [3.05, 3.63) is 42.5 Å². The molecule has 0 aromatic heterocycles. The van der Waals surface area contributed by atoms with Crippen LogP contribution in [0.25, 0.3) is 0 Å². The molecule has 7 heteroatoms. The van der Waals surface area contributed by atoms with Gasteiger partial charge < -0.3 is 24.3 Å². The Kier molecular flexibility index (Phi) is 9.34. The number of hydrogen-bond donors (Lipinski definition) is 1. The van der Waals surface area contributed by atoms with Gasteiger partial charge in [-0.25, -0.2) is 0 Å². The predicted molar refractivity (Wildman–Crippen MR) is 113 cm³/mol. The fourth-order valence-electron chi connectivity index (χ4n) is 2.33. The first-order chi connectivity index (χ1) is 13.7. The summed E-state index contributed by atoms with van der Waals surface area (Å²) in [7, 11) is 3.14. The zero-order valence-electron chi connectivity index (χ0n) is 16.5. The summed E-state index contributed by atoms with van der Waals surface area (Å²) in [5.41, 5.74) is 0.592. The molecule has 152 valence electrons. The van der Waals surface area contributed by atoms with Crippen molar-refractivity contribution in [1.29, 1.82) is 0 Å². The third kappa shape index (κ3) is 7.23. The van der Waals surface area contributed by atoms with Crippen LogP contribution in [0.2, 0.25) is 0 Å². The van der Waals surface area contributed by atoms with Crippen LogP contribution in [0.1, 0.15) is 13.3 Å². The van der Waals surface area contributed by atoms with E-state index < -0.39 is 0 Å². The van der Waals surface area contributed by atoms with Crippen molar-refractivity contribution in [3.8, 4) is 23.0 Å². The van der Waals surface area contributed by atoms with Crippen molar-refractivity contribution in [3.63, 3.8) is 0 Å². The SMILES string of the molecule is CCCOc1ccc(OCCSCC(=O)Nc2cc(OC)ccc2OC)cc1. The maximum atomic E-state index is 12.2. The van der Waals surface area contributed by atoms with Gasteiger partial charge in [0.1, 0.15) is 23.0 Å². The number of benzene rings is 2. The van der Waals surface area contributed by atoms with Gasteiger partial charge in [0.25, 0.3) is 0 Å². The summed E-state index contributed by atoms with van der Waals surface area (Å²) < 4.78 is 21.7. The van der Waals surface area contributed by atoms with E-state index in [0.717, 1.165) is 17.9 Å². The molecule has 0 aliphatic rings. The Hall–Kier alpha value is -2.54. The standard InChI is InChI=1S/C21H27NO5S/c1-4-11-26-16-5-7-17(8-6-16)27-12-13-28-15-21(23)22-19-14-18(24-2)9-10-20(19)25-3/h5-10,14H,4,11-13,15H2,1-3H3,(H,22,23). The molecular weight excluding hydrogens is 378 g/mol. The number of hydrogen-bond acceptors (Lipinski definition) is 6. The summed E-state index contributed by atoms with van der Waals surface area (Å²) >= 11 is 1.50. The molecular formula is C21H27NO5S. The Morgan fingerprint density at radius 2 is 1.57 bits per heavy atom. The lowest BCUT2D eigenvalue weighted by Gasteiger charge is -2.12. The van der Waals surface area contributed by atoms with E-state index in [1.807, 2.05) is 24.3 Å².